The smallest absolute Gasteiger partial charge is 0.264 e. The number of benzene rings is 2. The van der Waals surface area contributed by atoms with E-state index >= 15 is 0 Å². The predicted molar refractivity (Wildman–Crippen MR) is 135 cm³/mol. The van der Waals surface area contributed by atoms with Crippen LogP contribution in [0.1, 0.15) is 20.1 Å². The average molecular weight is 534 g/mol. The molecule has 0 radical (unpaired) electrons. The van der Waals surface area contributed by atoms with Crippen LogP contribution in [-0.4, -0.2) is 72.3 Å². The summed E-state index contributed by atoms with van der Waals surface area (Å²) in [5, 5.41) is 14.3. The van der Waals surface area contributed by atoms with E-state index in [1.54, 1.807) is 46.2 Å². The van der Waals surface area contributed by atoms with Gasteiger partial charge in [0.2, 0.25) is 16.0 Å². The highest BCUT2D eigenvalue weighted by Gasteiger charge is 2.32. The minimum Gasteiger partial charge on any atom is -0.408 e. The molecule has 3 N–H and O–H groups in total. The van der Waals surface area contributed by atoms with Gasteiger partial charge < -0.3 is 20.7 Å². The average Bonchev–Trinajstić information content (AvgIpc) is 3.31. The zero-order chi connectivity index (χ0) is 24.7. The molecular weight excluding hydrogens is 510 g/mol. The van der Waals surface area contributed by atoms with Gasteiger partial charge in [0.25, 0.3) is 5.91 Å². The second-order valence-electron chi connectivity index (χ2n) is 8.54. The molecule has 12 heteroatoms. The van der Waals surface area contributed by atoms with E-state index in [1.807, 2.05) is 6.07 Å². The summed E-state index contributed by atoms with van der Waals surface area (Å²) >= 11 is 7.49. The van der Waals surface area contributed by atoms with Gasteiger partial charge in [0.05, 0.1) is 9.77 Å². The molecule has 184 valence electrons. The van der Waals surface area contributed by atoms with Crippen molar-refractivity contribution in [1.82, 2.24) is 14.1 Å². The van der Waals surface area contributed by atoms with Crippen molar-refractivity contribution in [3.8, 4) is 0 Å². The monoisotopic (exact) mass is 533 g/mol. The lowest BCUT2D eigenvalue weighted by Crippen LogP contribution is -2.50. The Morgan fingerprint density at radius 2 is 1.71 bits per heavy atom. The molecule has 2 aliphatic rings. The molecule has 35 heavy (non-hydrogen) atoms. The number of sulfonamides is 1. The molecule has 1 aromatic heterocycles. The number of hydrogen-bond acceptors (Lipinski definition) is 6. The van der Waals surface area contributed by atoms with Gasteiger partial charge in [-0.15, -0.1) is 11.3 Å². The van der Waals surface area contributed by atoms with Crippen LogP contribution in [0.2, 0.25) is 5.02 Å². The van der Waals surface area contributed by atoms with Crippen molar-refractivity contribution in [2.24, 2.45) is 10.9 Å². The van der Waals surface area contributed by atoms with Crippen LogP contribution in [0.3, 0.4) is 0 Å². The van der Waals surface area contributed by atoms with Crippen molar-refractivity contribution in [2.45, 2.75) is 17.9 Å². The number of amides is 1. The van der Waals surface area contributed by atoms with E-state index in [0.29, 0.717) is 42.5 Å². The quantitative estimate of drug-likeness (QED) is 0.231. The number of nitrogens with zero attached hydrogens (tertiary/aromatic N) is 4. The maximum atomic E-state index is 13.2. The van der Waals surface area contributed by atoms with Crippen LogP contribution in [0.5, 0.6) is 0 Å². The first-order chi connectivity index (χ1) is 16.8. The normalized spacial score (nSPS) is 17.6. The minimum absolute atomic E-state index is 0.0577. The summed E-state index contributed by atoms with van der Waals surface area (Å²) in [6.45, 7) is 2.21. The number of fused-ring (bicyclic) bond motifs is 2. The van der Waals surface area contributed by atoms with E-state index in [0.717, 1.165) is 21.2 Å². The molecule has 0 unspecified atom stereocenters. The Hall–Kier alpha value is -2.86. The third-order valence-electron chi connectivity index (χ3n) is 6.44. The first-order valence-electron chi connectivity index (χ1n) is 11.1. The third kappa shape index (κ3) is 4.56. The van der Waals surface area contributed by atoms with E-state index in [1.165, 1.54) is 15.6 Å². The summed E-state index contributed by atoms with van der Waals surface area (Å²) in [5.74, 6) is -0.0401. The van der Waals surface area contributed by atoms with Crippen LogP contribution in [-0.2, 0) is 23.0 Å². The maximum absolute atomic E-state index is 13.2. The SMILES string of the molecule is NC(=NO)N1CCc2sc(C(=O)N3CCN(S(=O)(=O)c4ccc5cc(Cl)ccc5c4)CC3)cc2C1. The van der Waals surface area contributed by atoms with Gasteiger partial charge in [0.15, 0.2) is 0 Å². The van der Waals surface area contributed by atoms with E-state index < -0.39 is 10.0 Å². The van der Waals surface area contributed by atoms with E-state index in [4.69, 9.17) is 22.5 Å². The molecule has 0 aliphatic carbocycles. The number of guanidine groups is 1. The number of carbonyl (C=O) groups excluding carboxylic acids is 1. The number of oxime groups is 1. The zero-order valence-electron chi connectivity index (χ0n) is 18.7. The van der Waals surface area contributed by atoms with Crippen LogP contribution in [0, 0.1) is 0 Å². The van der Waals surface area contributed by atoms with Crippen molar-refractivity contribution in [3.63, 3.8) is 0 Å². The van der Waals surface area contributed by atoms with Gasteiger partial charge in [-0.05, 0) is 53.1 Å². The molecule has 0 saturated carbocycles. The zero-order valence-corrected chi connectivity index (χ0v) is 21.1. The molecule has 1 amide bonds. The Balaban J connectivity index is 1.26. The molecule has 2 aromatic carbocycles. The summed E-state index contributed by atoms with van der Waals surface area (Å²) < 4.78 is 27.9. The lowest BCUT2D eigenvalue weighted by atomic mass is 10.1. The van der Waals surface area contributed by atoms with E-state index in [-0.39, 0.29) is 29.9 Å². The standard InChI is InChI=1S/C23H24ClN5O4S2/c24-18-3-1-16-12-19(4-2-15(16)11-18)35(32,33)29-9-7-27(8-10-29)22(30)21-13-17-14-28(23(25)26-31)6-5-20(17)34-21/h1-4,11-13,31H,5-10,14H2,(H2,25,26). The largest absolute Gasteiger partial charge is 0.408 e. The first-order valence-corrected chi connectivity index (χ1v) is 13.7. The summed E-state index contributed by atoms with van der Waals surface area (Å²) in [6.07, 6.45) is 0.716. The van der Waals surface area contributed by atoms with Gasteiger partial charge >= 0.3 is 0 Å². The van der Waals surface area contributed by atoms with Gasteiger partial charge in [-0.3, -0.25) is 4.79 Å². The number of nitrogens with two attached hydrogens (primary N) is 1. The number of hydrogen-bond donors (Lipinski definition) is 2. The molecule has 3 heterocycles. The number of thiophene rings is 1. The number of piperazine rings is 1. The number of halogens is 1. The molecular formula is C23H24ClN5O4S2. The molecule has 9 nitrogen and oxygen atoms in total. The molecule has 0 bridgehead atoms. The van der Waals surface area contributed by atoms with E-state index in [2.05, 4.69) is 5.16 Å². The van der Waals surface area contributed by atoms with Crippen molar-refractivity contribution in [1.29, 1.82) is 0 Å². The summed E-state index contributed by atoms with van der Waals surface area (Å²) in [7, 11) is -3.68. The fourth-order valence-corrected chi connectivity index (χ4v) is 7.26. The summed E-state index contributed by atoms with van der Waals surface area (Å²) in [6, 6.07) is 12.2. The van der Waals surface area contributed by atoms with Crippen LogP contribution >= 0.6 is 22.9 Å². The maximum Gasteiger partial charge on any atom is 0.264 e. The lowest BCUT2D eigenvalue weighted by molar-refractivity contribution is 0.0702. The molecule has 2 aliphatic heterocycles. The topological polar surface area (TPSA) is 120 Å². The summed E-state index contributed by atoms with van der Waals surface area (Å²) in [4.78, 5) is 18.6. The van der Waals surface area contributed by atoms with Crippen LogP contribution in [0.25, 0.3) is 10.8 Å². The van der Waals surface area contributed by atoms with Crippen molar-refractivity contribution >= 4 is 55.6 Å². The predicted octanol–water partition coefficient (Wildman–Crippen LogP) is 2.76. The molecule has 5 rings (SSSR count). The Labute approximate surface area is 212 Å². The molecule has 0 atom stereocenters. The highest BCUT2D eigenvalue weighted by atomic mass is 35.5. The van der Waals surface area contributed by atoms with Crippen LogP contribution < -0.4 is 5.73 Å². The van der Waals surface area contributed by atoms with Crippen molar-refractivity contribution in [3.05, 3.63) is 62.8 Å². The Kier molecular flexibility index (Phi) is 6.34. The van der Waals surface area contributed by atoms with Crippen LogP contribution in [0.4, 0.5) is 0 Å². The fourth-order valence-electron chi connectivity index (χ4n) is 4.49. The lowest BCUT2D eigenvalue weighted by Gasteiger charge is -2.33. The van der Waals surface area contributed by atoms with Gasteiger partial charge in [0, 0.05) is 49.2 Å². The number of carbonyl (C=O) groups is 1. The van der Waals surface area contributed by atoms with Gasteiger partial charge in [-0.2, -0.15) is 4.31 Å². The van der Waals surface area contributed by atoms with Gasteiger partial charge in [-0.25, -0.2) is 8.42 Å². The minimum atomic E-state index is -3.68. The van der Waals surface area contributed by atoms with Crippen molar-refractivity contribution in [2.75, 3.05) is 32.7 Å². The highest BCUT2D eigenvalue weighted by Crippen LogP contribution is 2.30. The molecule has 1 fully saturated rings. The first kappa shape index (κ1) is 23.9. The molecule has 3 aromatic rings. The van der Waals surface area contributed by atoms with Gasteiger partial charge in [0.1, 0.15) is 0 Å². The van der Waals surface area contributed by atoms with Gasteiger partial charge in [-0.1, -0.05) is 28.9 Å². The Morgan fingerprint density at radius 1 is 1.00 bits per heavy atom. The fraction of sp³-hybridized carbons (Fsp3) is 0.304. The van der Waals surface area contributed by atoms with Crippen molar-refractivity contribution < 1.29 is 18.4 Å². The second kappa shape index (κ2) is 9.30. The Morgan fingerprint density at radius 3 is 2.46 bits per heavy atom. The second-order valence-corrected chi connectivity index (χ2v) is 12.0. The molecule has 0 spiro atoms. The third-order valence-corrected chi connectivity index (χ3v) is 9.80. The summed E-state index contributed by atoms with van der Waals surface area (Å²) in [5.41, 5.74) is 6.70. The molecule has 1 saturated heterocycles. The highest BCUT2D eigenvalue weighted by molar-refractivity contribution is 7.89. The number of rotatable bonds is 3. The Bertz CT molecular complexity index is 1430. The van der Waals surface area contributed by atoms with Crippen LogP contribution in [0.15, 0.2) is 52.5 Å². The van der Waals surface area contributed by atoms with E-state index in [9.17, 15) is 13.2 Å².